The molecule has 82 valence electrons. The Balaban J connectivity index is 2.30. The fourth-order valence-electron chi connectivity index (χ4n) is 1.25. The molecule has 1 N–H and O–H groups in total. The van der Waals surface area contributed by atoms with Gasteiger partial charge in [-0.05, 0) is 12.1 Å². The molecule has 0 amide bonds. The topological polar surface area (TPSA) is 81.2 Å². The summed E-state index contributed by atoms with van der Waals surface area (Å²) < 4.78 is 5.20. The molecule has 0 aliphatic rings. The molecule has 0 radical (unpaired) electrons. The molecule has 0 spiro atoms. The maximum atomic E-state index is 10.5. The molecule has 1 aromatic heterocycles. The van der Waals surface area contributed by atoms with Gasteiger partial charge in [0.15, 0.2) is 5.82 Å². The van der Waals surface area contributed by atoms with Crippen molar-refractivity contribution in [1.82, 2.24) is 4.98 Å². The van der Waals surface area contributed by atoms with Crippen molar-refractivity contribution in [3.63, 3.8) is 0 Å². The third-order valence-corrected chi connectivity index (χ3v) is 2.09. The van der Waals surface area contributed by atoms with Crippen molar-refractivity contribution >= 4 is 11.5 Å². The summed E-state index contributed by atoms with van der Waals surface area (Å²) in [5.74, 6) is 1.05. The quantitative estimate of drug-likeness (QED) is 0.632. The van der Waals surface area contributed by atoms with Crippen LogP contribution in [-0.4, -0.2) is 17.0 Å². The molecule has 1 aromatic carbocycles. The molecule has 0 unspecified atom stereocenters. The van der Waals surface area contributed by atoms with Crippen LogP contribution >= 0.6 is 0 Å². The maximum absolute atomic E-state index is 10.5. The first-order chi connectivity index (χ1) is 7.70. The van der Waals surface area contributed by atoms with Crippen molar-refractivity contribution in [3.05, 3.63) is 40.6 Å². The number of hydrogen-bond acceptors (Lipinski definition) is 5. The molecule has 6 heteroatoms. The maximum Gasteiger partial charge on any atom is 0.269 e. The summed E-state index contributed by atoms with van der Waals surface area (Å²) in [6, 6.07) is 6.03. The van der Waals surface area contributed by atoms with Crippen LogP contribution in [0.15, 0.2) is 34.9 Å². The lowest BCUT2D eigenvalue weighted by molar-refractivity contribution is -0.384. The van der Waals surface area contributed by atoms with Crippen molar-refractivity contribution in [2.45, 2.75) is 0 Å². The minimum absolute atomic E-state index is 0.0455. The van der Waals surface area contributed by atoms with Gasteiger partial charge in [0.05, 0.1) is 4.92 Å². The second-order valence-corrected chi connectivity index (χ2v) is 3.09. The summed E-state index contributed by atoms with van der Waals surface area (Å²) in [6.45, 7) is 0. The van der Waals surface area contributed by atoms with E-state index in [1.165, 1.54) is 18.4 Å². The standard InChI is InChI=1S/C10H9N3O3/c1-11-9-6-16-10(12-9)7-2-4-8(5-3-7)13(14)15/h2-6,11H,1H3. The van der Waals surface area contributed by atoms with E-state index < -0.39 is 4.92 Å². The second-order valence-electron chi connectivity index (χ2n) is 3.09. The summed E-state index contributed by atoms with van der Waals surface area (Å²) >= 11 is 0. The Bertz CT molecular complexity index is 504. The number of oxazole rings is 1. The van der Waals surface area contributed by atoms with Gasteiger partial charge in [0.2, 0.25) is 5.89 Å². The molecule has 16 heavy (non-hydrogen) atoms. The monoisotopic (exact) mass is 219 g/mol. The lowest BCUT2D eigenvalue weighted by Crippen LogP contribution is -1.88. The molecular weight excluding hydrogens is 210 g/mol. The van der Waals surface area contributed by atoms with Crippen LogP contribution in [0.4, 0.5) is 11.5 Å². The number of rotatable bonds is 3. The van der Waals surface area contributed by atoms with E-state index in [0.29, 0.717) is 17.3 Å². The van der Waals surface area contributed by atoms with Crippen molar-refractivity contribution in [1.29, 1.82) is 0 Å². The van der Waals surface area contributed by atoms with E-state index in [2.05, 4.69) is 10.3 Å². The fourth-order valence-corrected chi connectivity index (χ4v) is 1.25. The normalized spacial score (nSPS) is 10.1. The predicted octanol–water partition coefficient (Wildman–Crippen LogP) is 2.29. The number of nitro benzene ring substituents is 1. The molecular formula is C10H9N3O3. The molecule has 0 fully saturated rings. The highest BCUT2D eigenvalue weighted by atomic mass is 16.6. The number of nitro groups is 1. The van der Waals surface area contributed by atoms with Crippen LogP contribution in [0.1, 0.15) is 0 Å². The van der Waals surface area contributed by atoms with Gasteiger partial charge in [-0.25, -0.2) is 0 Å². The first kappa shape index (κ1) is 10.2. The third kappa shape index (κ3) is 1.85. The van der Waals surface area contributed by atoms with Crippen LogP contribution in [0, 0.1) is 10.1 Å². The van der Waals surface area contributed by atoms with Crippen molar-refractivity contribution in [2.75, 3.05) is 12.4 Å². The molecule has 2 rings (SSSR count). The van der Waals surface area contributed by atoms with Gasteiger partial charge in [-0.15, -0.1) is 0 Å². The van der Waals surface area contributed by atoms with Gasteiger partial charge >= 0.3 is 0 Å². The fraction of sp³-hybridized carbons (Fsp3) is 0.100. The Morgan fingerprint density at radius 1 is 1.38 bits per heavy atom. The molecule has 0 saturated heterocycles. The number of nitrogens with one attached hydrogen (secondary N) is 1. The zero-order valence-electron chi connectivity index (χ0n) is 8.51. The summed E-state index contributed by atoms with van der Waals surface area (Å²) in [5, 5.41) is 13.3. The summed E-state index contributed by atoms with van der Waals surface area (Å²) in [6.07, 6.45) is 1.48. The molecule has 0 aliphatic carbocycles. The molecule has 0 bridgehead atoms. The molecule has 0 saturated carbocycles. The summed E-state index contributed by atoms with van der Waals surface area (Å²) in [4.78, 5) is 14.1. The Kier molecular flexibility index (Phi) is 2.55. The zero-order valence-corrected chi connectivity index (χ0v) is 8.51. The van der Waals surface area contributed by atoms with Gasteiger partial charge in [0.1, 0.15) is 6.26 Å². The van der Waals surface area contributed by atoms with Gasteiger partial charge < -0.3 is 9.73 Å². The highest BCUT2D eigenvalue weighted by Gasteiger charge is 2.08. The minimum Gasteiger partial charge on any atom is -0.442 e. The lowest BCUT2D eigenvalue weighted by Gasteiger charge is -1.94. The summed E-state index contributed by atoms with van der Waals surface area (Å²) in [7, 11) is 1.73. The van der Waals surface area contributed by atoms with Gasteiger partial charge in [0.25, 0.3) is 5.69 Å². The lowest BCUT2D eigenvalue weighted by atomic mass is 10.2. The van der Waals surface area contributed by atoms with Gasteiger partial charge in [-0.1, -0.05) is 0 Å². The molecule has 1 heterocycles. The smallest absolute Gasteiger partial charge is 0.269 e. The number of anilines is 1. The van der Waals surface area contributed by atoms with E-state index in [4.69, 9.17) is 4.42 Å². The number of hydrogen-bond donors (Lipinski definition) is 1. The SMILES string of the molecule is CNc1coc(-c2ccc([N+](=O)[O-])cc2)n1. The summed E-state index contributed by atoms with van der Waals surface area (Å²) in [5.41, 5.74) is 0.747. The van der Waals surface area contributed by atoms with E-state index in [1.807, 2.05) is 0 Å². The van der Waals surface area contributed by atoms with Crippen LogP contribution in [0.5, 0.6) is 0 Å². The van der Waals surface area contributed by atoms with Gasteiger partial charge in [-0.2, -0.15) is 4.98 Å². The van der Waals surface area contributed by atoms with E-state index in [9.17, 15) is 10.1 Å². The van der Waals surface area contributed by atoms with Gasteiger partial charge in [-0.3, -0.25) is 10.1 Å². The van der Waals surface area contributed by atoms with E-state index in [0.717, 1.165) is 0 Å². The van der Waals surface area contributed by atoms with E-state index in [1.54, 1.807) is 19.2 Å². The Morgan fingerprint density at radius 2 is 2.06 bits per heavy atom. The van der Waals surface area contributed by atoms with Crippen LogP contribution in [0.2, 0.25) is 0 Å². The van der Waals surface area contributed by atoms with E-state index >= 15 is 0 Å². The largest absolute Gasteiger partial charge is 0.442 e. The first-order valence-corrected chi connectivity index (χ1v) is 4.59. The van der Waals surface area contributed by atoms with Crippen LogP contribution in [-0.2, 0) is 0 Å². The van der Waals surface area contributed by atoms with Crippen molar-refractivity contribution in [3.8, 4) is 11.5 Å². The molecule has 0 aliphatic heterocycles. The van der Waals surface area contributed by atoms with Crippen molar-refractivity contribution < 1.29 is 9.34 Å². The first-order valence-electron chi connectivity index (χ1n) is 4.59. The van der Waals surface area contributed by atoms with Crippen LogP contribution in [0.3, 0.4) is 0 Å². The van der Waals surface area contributed by atoms with E-state index in [-0.39, 0.29) is 5.69 Å². The average Bonchev–Trinajstić information content (AvgIpc) is 2.77. The number of benzene rings is 1. The van der Waals surface area contributed by atoms with Crippen LogP contribution < -0.4 is 5.32 Å². The number of aromatic nitrogens is 1. The average molecular weight is 219 g/mol. The minimum atomic E-state index is -0.446. The van der Waals surface area contributed by atoms with Crippen molar-refractivity contribution in [2.24, 2.45) is 0 Å². The van der Waals surface area contributed by atoms with Crippen LogP contribution in [0.25, 0.3) is 11.5 Å². The Labute approximate surface area is 91.1 Å². The predicted molar refractivity (Wildman–Crippen MR) is 58.1 cm³/mol. The zero-order chi connectivity index (χ0) is 11.5. The van der Waals surface area contributed by atoms with Gasteiger partial charge in [0, 0.05) is 24.7 Å². The Hall–Kier alpha value is -2.37. The third-order valence-electron chi connectivity index (χ3n) is 2.09. The number of non-ortho nitro benzene ring substituents is 1. The second kappa shape index (κ2) is 4.01. The molecule has 0 atom stereocenters. The number of nitrogens with zero attached hydrogens (tertiary/aromatic N) is 2. The Morgan fingerprint density at radius 3 is 2.56 bits per heavy atom. The molecule has 2 aromatic rings. The highest BCUT2D eigenvalue weighted by Crippen LogP contribution is 2.22. The highest BCUT2D eigenvalue weighted by molar-refractivity contribution is 5.57. The molecule has 6 nitrogen and oxygen atoms in total.